The van der Waals surface area contributed by atoms with Crippen LogP contribution in [0.1, 0.15) is 53.1 Å². The SMILES string of the molecule is Cc1ccc2c(c1)Cc1c-2ccc(C)c1-c1cc(C)c(C(C)C)c[n+]1C. The predicted octanol–water partition coefficient (Wildman–Crippen LogP) is 5.80. The van der Waals surface area contributed by atoms with Crippen molar-refractivity contribution >= 4 is 0 Å². The smallest absolute Gasteiger partial charge is 0.201 e. The van der Waals surface area contributed by atoms with Gasteiger partial charge < -0.3 is 0 Å². The molecule has 3 aromatic rings. The minimum atomic E-state index is 0.546. The van der Waals surface area contributed by atoms with Gasteiger partial charge in [0.15, 0.2) is 6.20 Å². The minimum absolute atomic E-state index is 0.546. The molecule has 0 N–H and O–H groups in total. The van der Waals surface area contributed by atoms with E-state index in [-0.39, 0.29) is 0 Å². The van der Waals surface area contributed by atoms with Gasteiger partial charge in [-0.2, -0.15) is 0 Å². The van der Waals surface area contributed by atoms with Gasteiger partial charge in [0.2, 0.25) is 5.69 Å². The van der Waals surface area contributed by atoms with Crippen LogP contribution in [0.4, 0.5) is 0 Å². The van der Waals surface area contributed by atoms with E-state index in [1.807, 2.05) is 0 Å². The number of fused-ring (bicyclic) bond motifs is 3. The van der Waals surface area contributed by atoms with Crippen molar-refractivity contribution in [1.82, 2.24) is 0 Å². The lowest BCUT2D eigenvalue weighted by Crippen LogP contribution is -2.32. The molecule has 132 valence electrons. The van der Waals surface area contributed by atoms with Gasteiger partial charge in [0.1, 0.15) is 7.05 Å². The van der Waals surface area contributed by atoms with Crippen LogP contribution in [-0.4, -0.2) is 0 Å². The molecule has 1 heterocycles. The molecule has 0 saturated heterocycles. The summed E-state index contributed by atoms with van der Waals surface area (Å²) in [4.78, 5) is 0. The van der Waals surface area contributed by atoms with Crippen LogP contribution in [0.3, 0.4) is 0 Å². The van der Waals surface area contributed by atoms with Crippen molar-refractivity contribution in [2.75, 3.05) is 0 Å². The molecule has 1 nitrogen and oxygen atoms in total. The van der Waals surface area contributed by atoms with E-state index in [2.05, 4.69) is 88.8 Å². The summed E-state index contributed by atoms with van der Waals surface area (Å²) in [6.45, 7) is 11.2. The predicted molar refractivity (Wildman–Crippen MR) is 110 cm³/mol. The van der Waals surface area contributed by atoms with Gasteiger partial charge >= 0.3 is 0 Å². The topological polar surface area (TPSA) is 3.88 Å². The highest BCUT2D eigenvalue weighted by Crippen LogP contribution is 2.42. The summed E-state index contributed by atoms with van der Waals surface area (Å²) < 4.78 is 2.32. The molecule has 0 aliphatic heterocycles. The first-order valence-corrected chi connectivity index (χ1v) is 9.59. The van der Waals surface area contributed by atoms with Gasteiger partial charge in [0.05, 0.1) is 5.56 Å². The number of rotatable bonds is 2. The standard InChI is InChI=1S/C25H28N/c1-15(2)23-14-26(6)24(12-18(23)5)25-17(4)8-10-21-20-9-7-16(3)11-19(20)13-22(21)25/h7-12,14-15H,13H2,1-6H3/q+1. The van der Waals surface area contributed by atoms with Crippen molar-refractivity contribution in [2.45, 2.75) is 47.0 Å². The number of aromatic nitrogens is 1. The highest BCUT2D eigenvalue weighted by Gasteiger charge is 2.27. The van der Waals surface area contributed by atoms with E-state index >= 15 is 0 Å². The van der Waals surface area contributed by atoms with Crippen molar-refractivity contribution in [1.29, 1.82) is 0 Å². The summed E-state index contributed by atoms with van der Waals surface area (Å²) in [5.74, 6) is 0.546. The molecule has 0 amide bonds. The number of aryl methyl sites for hydroxylation is 4. The maximum atomic E-state index is 2.38. The highest BCUT2D eigenvalue weighted by atomic mass is 14.9. The largest absolute Gasteiger partial charge is 0.213 e. The Morgan fingerprint density at radius 1 is 0.885 bits per heavy atom. The molecule has 1 aliphatic rings. The van der Waals surface area contributed by atoms with Gasteiger partial charge in [0.25, 0.3) is 0 Å². The van der Waals surface area contributed by atoms with Gasteiger partial charge in [-0.25, -0.2) is 4.57 Å². The Hall–Kier alpha value is -2.41. The van der Waals surface area contributed by atoms with Gasteiger partial charge in [-0.3, -0.25) is 0 Å². The van der Waals surface area contributed by atoms with Gasteiger partial charge in [-0.15, -0.1) is 0 Å². The lowest BCUT2D eigenvalue weighted by atomic mass is 9.92. The van der Waals surface area contributed by atoms with Crippen LogP contribution in [0.25, 0.3) is 22.4 Å². The second-order valence-electron chi connectivity index (χ2n) is 8.18. The van der Waals surface area contributed by atoms with Crippen LogP contribution in [0, 0.1) is 20.8 Å². The van der Waals surface area contributed by atoms with E-state index < -0.39 is 0 Å². The summed E-state index contributed by atoms with van der Waals surface area (Å²) in [5.41, 5.74) is 14.0. The first-order chi connectivity index (χ1) is 12.4. The molecule has 0 saturated carbocycles. The van der Waals surface area contributed by atoms with E-state index in [4.69, 9.17) is 0 Å². The van der Waals surface area contributed by atoms with E-state index in [0.717, 1.165) is 6.42 Å². The van der Waals surface area contributed by atoms with Crippen LogP contribution in [0.15, 0.2) is 42.6 Å². The zero-order valence-electron chi connectivity index (χ0n) is 16.8. The van der Waals surface area contributed by atoms with E-state index in [1.165, 1.54) is 55.8 Å². The minimum Gasteiger partial charge on any atom is -0.201 e. The van der Waals surface area contributed by atoms with Gasteiger partial charge in [0, 0.05) is 11.6 Å². The maximum Gasteiger partial charge on any atom is 0.213 e. The summed E-state index contributed by atoms with van der Waals surface area (Å²) >= 11 is 0. The average molecular weight is 343 g/mol. The van der Waals surface area contributed by atoms with Crippen LogP contribution in [0.2, 0.25) is 0 Å². The molecule has 0 unspecified atom stereocenters. The van der Waals surface area contributed by atoms with Crippen molar-refractivity contribution < 1.29 is 4.57 Å². The Balaban J connectivity index is 1.94. The number of benzene rings is 2. The molecule has 1 heteroatoms. The quantitative estimate of drug-likeness (QED) is 0.405. The molecule has 0 atom stereocenters. The van der Waals surface area contributed by atoms with Gasteiger partial charge in [-0.1, -0.05) is 49.7 Å². The highest BCUT2D eigenvalue weighted by molar-refractivity contribution is 5.85. The fraction of sp³-hybridized carbons (Fsp3) is 0.320. The fourth-order valence-electron chi connectivity index (χ4n) is 4.50. The van der Waals surface area contributed by atoms with Crippen LogP contribution in [0.5, 0.6) is 0 Å². The molecular weight excluding hydrogens is 314 g/mol. The summed E-state index contributed by atoms with van der Waals surface area (Å²) in [7, 11) is 2.19. The Morgan fingerprint density at radius 2 is 1.62 bits per heavy atom. The molecule has 2 aromatic carbocycles. The van der Waals surface area contributed by atoms with Crippen molar-refractivity contribution in [3.05, 3.63) is 76.0 Å². The molecule has 26 heavy (non-hydrogen) atoms. The summed E-state index contributed by atoms with van der Waals surface area (Å²) in [5, 5.41) is 0. The molecule has 0 bridgehead atoms. The molecule has 0 radical (unpaired) electrons. The number of nitrogens with zero attached hydrogens (tertiary/aromatic N) is 1. The van der Waals surface area contributed by atoms with Gasteiger partial charge in [-0.05, 0) is 66.5 Å². The zero-order chi connectivity index (χ0) is 18.6. The molecule has 0 fully saturated rings. The summed E-state index contributed by atoms with van der Waals surface area (Å²) in [6.07, 6.45) is 3.36. The second-order valence-corrected chi connectivity index (χ2v) is 8.18. The molecular formula is C25H28N+. The third-order valence-corrected chi connectivity index (χ3v) is 5.84. The van der Waals surface area contributed by atoms with Crippen molar-refractivity contribution in [3.8, 4) is 22.4 Å². The van der Waals surface area contributed by atoms with Crippen LogP contribution >= 0.6 is 0 Å². The fourth-order valence-corrected chi connectivity index (χ4v) is 4.50. The van der Waals surface area contributed by atoms with E-state index in [0.29, 0.717) is 5.92 Å². The molecule has 1 aromatic heterocycles. The average Bonchev–Trinajstić information content (AvgIpc) is 2.93. The molecule has 1 aliphatic carbocycles. The number of hydrogen-bond donors (Lipinski definition) is 0. The Morgan fingerprint density at radius 3 is 2.35 bits per heavy atom. The first-order valence-electron chi connectivity index (χ1n) is 9.59. The monoisotopic (exact) mass is 342 g/mol. The number of hydrogen-bond acceptors (Lipinski definition) is 0. The Kier molecular flexibility index (Phi) is 3.99. The Bertz CT molecular complexity index is 1020. The molecule has 4 rings (SSSR count). The zero-order valence-corrected chi connectivity index (χ0v) is 16.8. The van der Waals surface area contributed by atoms with Crippen molar-refractivity contribution in [3.63, 3.8) is 0 Å². The Labute approximate surface area is 157 Å². The lowest BCUT2D eigenvalue weighted by Gasteiger charge is -2.14. The second kappa shape index (κ2) is 6.09. The van der Waals surface area contributed by atoms with E-state index in [1.54, 1.807) is 0 Å². The third kappa shape index (κ3) is 2.58. The molecule has 0 spiro atoms. The van der Waals surface area contributed by atoms with Crippen LogP contribution in [-0.2, 0) is 13.5 Å². The van der Waals surface area contributed by atoms with Crippen molar-refractivity contribution in [2.24, 2.45) is 7.05 Å². The van der Waals surface area contributed by atoms with E-state index in [9.17, 15) is 0 Å². The first kappa shape index (κ1) is 17.0. The normalized spacial score (nSPS) is 12.4. The summed E-state index contributed by atoms with van der Waals surface area (Å²) in [6, 6.07) is 13.9. The lowest BCUT2D eigenvalue weighted by molar-refractivity contribution is -0.661. The third-order valence-electron chi connectivity index (χ3n) is 5.84. The maximum absolute atomic E-state index is 2.38. The number of pyridine rings is 1. The van der Waals surface area contributed by atoms with Crippen LogP contribution < -0.4 is 4.57 Å².